The van der Waals surface area contributed by atoms with E-state index in [1.54, 1.807) is 11.3 Å². The Hall–Kier alpha value is -2.67. The van der Waals surface area contributed by atoms with Crippen LogP contribution in [0.2, 0.25) is 0 Å². The van der Waals surface area contributed by atoms with Gasteiger partial charge in [-0.1, -0.05) is 29.8 Å². The molecule has 0 saturated heterocycles. The average molecular weight is 326 g/mol. The van der Waals surface area contributed by atoms with Crippen LogP contribution in [-0.4, -0.2) is 32.2 Å². The van der Waals surface area contributed by atoms with Crippen LogP contribution < -0.4 is 0 Å². The van der Waals surface area contributed by atoms with E-state index in [4.69, 9.17) is 0 Å². The molecule has 3 rings (SSSR count). The number of carbonyl (C=O) groups excluding carboxylic acids is 2. The maximum Gasteiger partial charge on any atom is 0.269 e. The zero-order valence-electron chi connectivity index (χ0n) is 12.4. The number of hydrogen-bond donors (Lipinski definition) is 1. The minimum Gasteiger partial charge on any atom is -0.290 e. The fraction of sp³-hybridized carbons (Fsp3) is 0.188. The molecule has 116 valence electrons. The molecule has 2 aromatic heterocycles. The van der Waals surface area contributed by atoms with Gasteiger partial charge in [0.15, 0.2) is 0 Å². The van der Waals surface area contributed by atoms with Crippen molar-refractivity contribution in [3.63, 3.8) is 0 Å². The van der Waals surface area contributed by atoms with E-state index in [0.717, 1.165) is 16.9 Å². The van der Waals surface area contributed by atoms with Gasteiger partial charge in [0.1, 0.15) is 0 Å². The van der Waals surface area contributed by atoms with Crippen molar-refractivity contribution in [3.05, 3.63) is 63.1 Å². The number of ketones is 2. The molecule has 0 aliphatic heterocycles. The van der Waals surface area contributed by atoms with Crippen LogP contribution in [0.3, 0.4) is 0 Å². The third kappa shape index (κ3) is 3.75. The summed E-state index contributed by atoms with van der Waals surface area (Å²) in [6.07, 6.45) is 0.871. The van der Waals surface area contributed by atoms with E-state index in [1.807, 2.05) is 11.4 Å². The van der Waals surface area contributed by atoms with Gasteiger partial charge in [-0.05, 0) is 34.7 Å². The van der Waals surface area contributed by atoms with Crippen LogP contribution in [-0.2, 0) is 17.6 Å². The summed E-state index contributed by atoms with van der Waals surface area (Å²) in [4.78, 5) is 24.9. The number of thiophene rings is 1. The quantitative estimate of drug-likeness (QED) is 0.554. The van der Waals surface area contributed by atoms with Crippen molar-refractivity contribution in [2.75, 3.05) is 0 Å². The fourth-order valence-corrected chi connectivity index (χ4v) is 3.09. The number of Topliss-reactive ketones (excluding diaryl/α,β-unsaturated/α-hetero) is 2. The average Bonchev–Trinajstić information content (AvgIpc) is 3.21. The van der Waals surface area contributed by atoms with Gasteiger partial charge in [0.05, 0.1) is 0 Å². The molecule has 0 bridgehead atoms. The number of aromatic amines is 1. The molecule has 6 nitrogen and oxygen atoms in total. The Morgan fingerprint density at radius 1 is 1.17 bits per heavy atom. The van der Waals surface area contributed by atoms with E-state index in [2.05, 4.69) is 51.8 Å². The Morgan fingerprint density at radius 3 is 2.65 bits per heavy atom. The second kappa shape index (κ2) is 6.62. The van der Waals surface area contributed by atoms with Gasteiger partial charge < -0.3 is 0 Å². The Labute approximate surface area is 136 Å². The minimum atomic E-state index is -0.718. The highest BCUT2D eigenvalue weighted by Crippen LogP contribution is 2.20. The summed E-state index contributed by atoms with van der Waals surface area (Å²) >= 11 is 1.59. The number of aryl methyl sites for hydroxylation is 1. The van der Waals surface area contributed by atoms with Crippen molar-refractivity contribution >= 4 is 22.9 Å². The maximum atomic E-state index is 11.9. The lowest BCUT2D eigenvalue weighted by atomic mass is 10.1. The number of nitrogens with zero attached hydrogens (tertiary/aromatic N) is 3. The Kier molecular flexibility index (Phi) is 4.38. The number of H-pyrrole nitrogens is 1. The summed E-state index contributed by atoms with van der Waals surface area (Å²) in [5.74, 6) is -1.44. The summed E-state index contributed by atoms with van der Waals surface area (Å²) in [6, 6.07) is 10.3. The first-order valence-corrected chi connectivity index (χ1v) is 7.92. The van der Waals surface area contributed by atoms with E-state index in [0.29, 0.717) is 0 Å². The lowest BCUT2D eigenvalue weighted by Gasteiger charge is -1.99. The van der Waals surface area contributed by atoms with Gasteiger partial charge >= 0.3 is 0 Å². The molecule has 0 saturated carbocycles. The highest BCUT2D eigenvalue weighted by Gasteiger charge is 2.21. The van der Waals surface area contributed by atoms with Crippen molar-refractivity contribution in [1.29, 1.82) is 0 Å². The number of carbonyl (C=O) groups is 2. The van der Waals surface area contributed by atoms with Gasteiger partial charge in [0.2, 0.25) is 11.6 Å². The zero-order chi connectivity index (χ0) is 16.2. The van der Waals surface area contributed by atoms with Gasteiger partial charge in [-0.15, -0.1) is 21.5 Å². The Balaban J connectivity index is 1.64. The van der Waals surface area contributed by atoms with Crippen LogP contribution in [0.4, 0.5) is 0 Å². The summed E-state index contributed by atoms with van der Waals surface area (Å²) in [6.45, 7) is 2.05. The first-order valence-electron chi connectivity index (χ1n) is 7.04. The van der Waals surface area contributed by atoms with Crippen molar-refractivity contribution in [2.45, 2.75) is 19.8 Å². The minimum absolute atomic E-state index is 0.0533. The van der Waals surface area contributed by atoms with Crippen molar-refractivity contribution < 1.29 is 9.59 Å². The second-order valence-corrected chi connectivity index (χ2v) is 6.24. The number of rotatable bonds is 6. The lowest BCUT2D eigenvalue weighted by Crippen LogP contribution is -2.17. The third-order valence-corrected chi connectivity index (χ3v) is 4.36. The number of nitrogens with one attached hydrogen (secondary N) is 1. The molecule has 0 amide bonds. The fourth-order valence-electron chi connectivity index (χ4n) is 2.17. The van der Waals surface area contributed by atoms with Gasteiger partial charge in [-0.2, -0.15) is 5.21 Å². The smallest absolute Gasteiger partial charge is 0.269 e. The number of tetrazole rings is 1. The van der Waals surface area contributed by atoms with Crippen LogP contribution in [0.5, 0.6) is 0 Å². The largest absolute Gasteiger partial charge is 0.290 e. The maximum absolute atomic E-state index is 11.9. The third-order valence-electron chi connectivity index (χ3n) is 3.37. The number of hydrogen-bond acceptors (Lipinski definition) is 6. The number of aromatic nitrogens is 4. The van der Waals surface area contributed by atoms with Crippen LogP contribution in [0.25, 0.3) is 0 Å². The Bertz CT molecular complexity index is 822. The molecule has 0 aliphatic rings. The predicted molar refractivity (Wildman–Crippen MR) is 85.5 cm³/mol. The number of benzene rings is 1. The molecule has 7 heteroatoms. The summed E-state index contributed by atoms with van der Waals surface area (Å²) < 4.78 is 0. The zero-order valence-corrected chi connectivity index (χ0v) is 13.3. The summed E-state index contributed by atoms with van der Waals surface area (Å²) in [5.41, 5.74) is 3.28. The highest BCUT2D eigenvalue weighted by atomic mass is 32.1. The van der Waals surface area contributed by atoms with E-state index in [1.165, 1.54) is 11.1 Å². The van der Waals surface area contributed by atoms with E-state index in [-0.39, 0.29) is 12.2 Å². The SMILES string of the molecule is Cc1ccc(Cc2cc(CC(=O)C(=O)c3nn[nH]n3)cs2)cc1. The molecule has 1 aromatic carbocycles. The van der Waals surface area contributed by atoms with Crippen LogP contribution >= 0.6 is 11.3 Å². The molecule has 0 aliphatic carbocycles. The summed E-state index contributed by atoms with van der Waals surface area (Å²) in [5, 5.41) is 14.4. The first kappa shape index (κ1) is 15.2. The van der Waals surface area contributed by atoms with Gasteiger partial charge in [-0.3, -0.25) is 9.59 Å². The molecular formula is C16H14N4O2S. The molecular weight excluding hydrogens is 312 g/mol. The topological polar surface area (TPSA) is 88.6 Å². The lowest BCUT2D eigenvalue weighted by molar-refractivity contribution is -0.114. The van der Waals surface area contributed by atoms with Gasteiger partial charge in [-0.25, -0.2) is 0 Å². The first-order chi connectivity index (χ1) is 11.1. The molecule has 1 N–H and O–H groups in total. The van der Waals surface area contributed by atoms with Crippen LogP contribution in [0, 0.1) is 6.92 Å². The molecule has 0 unspecified atom stereocenters. The second-order valence-electron chi connectivity index (χ2n) is 5.25. The van der Waals surface area contributed by atoms with Crippen molar-refractivity contribution in [2.24, 2.45) is 0 Å². The highest BCUT2D eigenvalue weighted by molar-refractivity contribution is 7.10. The van der Waals surface area contributed by atoms with Gasteiger partial charge in [0.25, 0.3) is 5.78 Å². The molecule has 2 heterocycles. The Morgan fingerprint density at radius 2 is 1.96 bits per heavy atom. The predicted octanol–water partition coefficient (Wildman–Crippen LogP) is 2.15. The van der Waals surface area contributed by atoms with Gasteiger partial charge in [0, 0.05) is 17.7 Å². The molecule has 0 radical (unpaired) electrons. The normalized spacial score (nSPS) is 10.7. The molecule has 23 heavy (non-hydrogen) atoms. The summed E-state index contributed by atoms with van der Waals surface area (Å²) in [7, 11) is 0. The van der Waals surface area contributed by atoms with Crippen LogP contribution in [0.1, 0.15) is 32.2 Å². The van der Waals surface area contributed by atoms with E-state index in [9.17, 15) is 9.59 Å². The van der Waals surface area contributed by atoms with E-state index >= 15 is 0 Å². The molecule has 0 spiro atoms. The van der Waals surface area contributed by atoms with E-state index < -0.39 is 11.6 Å². The van der Waals surface area contributed by atoms with Crippen molar-refractivity contribution in [3.8, 4) is 0 Å². The van der Waals surface area contributed by atoms with Crippen LogP contribution in [0.15, 0.2) is 35.7 Å². The monoisotopic (exact) mass is 326 g/mol. The standard InChI is InChI=1S/C16H14N4O2S/c1-10-2-4-11(5-3-10)6-13-7-12(9-23-13)8-14(21)15(22)16-17-19-20-18-16/h2-5,7,9H,6,8H2,1H3,(H,17,18,19,20). The molecule has 0 atom stereocenters. The molecule has 3 aromatic rings. The molecule has 0 fully saturated rings. The van der Waals surface area contributed by atoms with Crippen molar-refractivity contribution in [1.82, 2.24) is 20.6 Å².